The van der Waals surface area contributed by atoms with Crippen molar-refractivity contribution in [3.05, 3.63) is 29.5 Å². The van der Waals surface area contributed by atoms with Crippen molar-refractivity contribution >= 4 is 17.8 Å². The van der Waals surface area contributed by atoms with E-state index in [1.165, 1.54) is 0 Å². The van der Waals surface area contributed by atoms with Crippen LogP contribution in [0.25, 0.3) is 6.08 Å². The van der Waals surface area contributed by atoms with Crippen LogP contribution >= 0.6 is 0 Å². The molecule has 0 saturated carbocycles. The smallest absolute Gasteiger partial charge is 0.225 e. The van der Waals surface area contributed by atoms with Crippen molar-refractivity contribution in [2.75, 3.05) is 5.32 Å². The second kappa shape index (κ2) is 4.26. The summed E-state index contributed by atoms with van der Waals surface area (Å²) in [7, 11) is 0. The van der Waals surface area contributed by atoms with Crippen LogP contribution in [0.4, 0.5) is 5.82 Å². The number of rotatable bonds is 2. The topological polar surface area (TPSA) is 42.0 Å². The zero-order valence-corrected chi connectivity index (χ0v) is 8.79. The molecular formula is C12H14N2O. The SMILES string of the molecule is CC/C=C/c1cnc2c(c1)CCC(=O)N2. The van der Waals surface area contributed by atoms with E-state index in [9.17, 15) is 4.79 Å². The summed E-state index contributed by atoms with van der Waals surface area (Å²) in [6.45, 7) is 2.10. The summed E-state index contributed by atoms with van der Waals surface area (Å²) in [5, 5.41) is 2.77. The Labute approximate surface area is 89.2 Å². The molecule has 78 valence electrons. The molecule has 0 aliphatic carbocycles. The largest absolute Gasteiger partial charge is 0.310 e. The van der Waals surface area contributed by atoms with Gasteiger partial charge in [-0.2, -0.15) is 0 Å². The summed E-state index contributed by atoms with van der Waals surface area (Å²) >= 11 is 0. The molecule has 0 radical (unpaired) electrons. The summed E-state index contributed by atoms with van der Waals surface area (Å²) in [6.07, 6.45) is 8.33. The van der Waals surface area contributed by atoms with Crippen LogP contribution in [0.2, 0.25) is 0 Å². The highest BCUT2D eigenvalue weighted by atomic mass is 16.1. The molecule has 0 unspecified atom stereocenters. The molecule has 0 bridgehead atoms. The van der Waals surface area contributed by atoms with Gasteiger partial charge in [0, 0.05) is 12.6 Å². The van der Waals surface area contributed by atoms with Crippen molar-refractivity contribution in [3.8, 4) is 0 Å². The maximum absolute atomic E-state index is 11.1. The van der Waals surface area contributed by atoms with Gasteiger partial charge in [-0.1, -0.05) is 19.1 Å². The third-order valence-electron chi connectivity index (χ3n) is 2.41. The van der Waals surface area contributed by atoms with E-state index in [1.54, 1.807) is 6.20 Å². The van der Waals surface area contributed by atoms with E-state index in [2.05, 4.69) is 35.4 Å². The summed E-state index contributed by atoms with van der Waals surface area (Å²) in [5.74, 6) is 0.784. The average molecular weight is 202 g/mol. The van der Waals surface area contributed by atoms with Gasteiger partial charge in [0.1, 0.15) is 5.82 Å². The van der Waals surface area contributed by atoms with Crippen molar-refractivity contribution in [1.82, 2.24) is 4.98 Å². The molecule has 1 aromatic heterocycles. The van der Waals surface area contributed by atoms with Crippen LogP contribution in [0.15, 0.2) is 18.3 Å². The summed E-state index contributed by atoms with van der Waals surface area (Å²) in [6, 6.07) is 2.09. The zero-order chi connectivity index (χ0) is 10.7. The second-order valence-electron chi connectivity index (χ2n) is 3.64. The van der Waals surface area contributed by atoms with Crippen molar-refractivity contribution in [1.29, 1.82) is 0 Å². The Morgan fingerprint density at radius 3 is 3.20 bits per heavy atom. The van der Waals surface area contributed by atoms with Gasteiger partial charge in [-0.05, 0) is 30.0 Å². The Balaban J connectivity index is 2.26. The number of fused-ring (bicyclic) bond motifs is 1. The number of pyridine rings is 1. The van der Waals surface area contributed by atoms with Crippen LogP contribution < -0.4 is 5.32 Å². The van der Waals surface area contributed by atoms with Crippen LogP contribution in [0.3, 0.4) is 0 Å². The zero-order valence-electron chi connectivity index (χ0n) is 8.79. The number of allylic oxidation sites excluding steroid dienone is 1. The highest BCUT2D eigenvalue weighted by molar-refractivity contribution is 5.92. The quantitative estimate of drug-likeness (QED) is 0.800. The molecule has 2 heterocycles. The van der Waals surface area contributed by atoms with E-state index < -0.39 is 0 Å². The molecule has 1 aliphatic heterocycles. The molecular weight excluding hydrogens is 188 g/mol. The van der Waals surface area contributed by atoms with Crippen LogP contribution in [-0.4, -0.2) is 10.9 Å². The van der Waals surface area contributed by atoms with Gasteiger partial charge in [0.15, 0.2) is 0 Å². The molecule has 0 aromatic carbocycles. The normalized spacial score (nSPS) is 15.1. The average Bonchev–Trinajstić information content (AvgIpc) is 2.26. The van der Waals surface area contributed by atoms with Crippen LogP contribution in [-0.2, 0) is 11.2 Å². The first-order chi connectivity index (χ1) is 7.29. The van der Waals surface area contributed by atoms with Gasteiger partial charge in [0.25, 0.3) is 0 Å². The lowest BCUT2D eigenvalue weighted by Gasteiger charge is -2.15. The minimum absolute atomic E-state index is 0.0619. The molecule has 15 heavy (non-hydrogen) atoms. The summed E-state index contributed by atoms with van der Waals surface area (Å²) < 4.78 is 0. The number of hydrogen-bond donors (Lipinski definition) is 1. The van der Waals surface area contributed by atoms with E-state index in [4.69, 9.17) is 0 Å². The first-order valence-electron chi connectivity index (χ1n) is 5.25. The Kier molecular flexibility index (Phi) is 2.81. The molecule has 1 aromatic rings. The molecule has 3 heteroatoms. The maximum Gasteiger partial charge on any atom is 0.225 e. The number of nitrogens with zero attached hydrogens (tertiary/aromatic N) is 1. The van der Waals surface area contributed by atoms with Crippen molar-refractivity contribution < 1.29 is 4.79 Å². The fourth-order valence-electron chi connectivity index (χ4n) is 1.62. The monoisotopic (exact) mass is 202 g/mol. The van der Waals surface area contributed by atoms with E-state index in [0.29, 0.717) is 6.42 Å². The van der Waals surface area contributed by atoms with Gasteiger partial charge < -0.3 is 5.32 Å². The van der Waals surface area contributed by atoms with Gasteiger partial charge >= 0.3 is 0 Å². The third kappa shape index (κ3) is 2.24. The lowest BCUT2D eigenvalue weighted by molar-refractivity contribution is -0.116. The molecule has 0 fully saturated rings. The molecule has 0 atom stereocenters. The van der Waals surface area contributed by atoms with Crippen molar-refractivity contribution in [2.24, 2.45) is 0 Å². The minimum atomic E-state index is 0.0619. The Morgan fingerprint density at radius 2 is 2.40 bits per heavy atom. The fourth-order valence-corrected chi connectivity index (χ4v) is 1.62. The van der Waals surface area contributed by atoms with Gasteiger partial charge in [0.2, 0.25) is 5.91 Å². The number of carbonyl (C=O) groups is 1. The number of aryl methyl sites for hydroxylation is 1. The van der Waals surface area contributed by atoms with Gasteiger partial charge in [-0.3, -0.25) is 4.79 Å². The number of anilines is 1. The fraction of sp³-hybridized carbons (Fsp3) is 0.333. The molecule has 1 aliphatic rings. The van der Waals surface area contributed by atoms with Gasteiger partial charge in [-0.25, -0.2) is 4.98 Å². The van der Waals surface area contributed by atoms with Crippen LogP contribution in [0.1, 0.15) is 30.9 Å². The summed E-state index contributed by atoms with van der Waals surface area (Å²) in [5.41, 5.74) is 2.24. The summed E-state index contributed by atoms with van der Waals surface area (Å²) in [4.78, 5) is 15.4. The van der Waals surface area contributed by atoms with Crippen LogP contribution in [0.5, 0.6) is 0 Å². The van der Waals surface area contributed by atoms with Crippen molar-refractivity contribution in [2.45, 2.75) is 26.2 Å². The highest BCUT2D eigenvalue weighted by Gasteiger charge is 2.15. The van der Waals surface area contributed by atoms with Crippen molar-refractivity contribution in [3.63, 3.8) is 0 Å². The molecule has 1 N–H and O–H groups in total. The third-order valence-corrected chi connectivity index (χ3v) is 2.41. The standard InChI is InChI=1S/C12H14N2O/c1-2-3-4-9-7-10-5-6-11(15)14-12(10)13-8-9/h3-4,7-8H,2,5-6H2,1H3,(H,13,14,15)/b4-3+. The Bertz CT molecular complexity index is 410. The van der Waals surface area contributed by atoms with E-state index >= 15 is 0 Å². The highest BCUT2D eigenvalue weighted by Crippen LogP contribution is 2.21. The minimum Gasteiger partial charge on any atom is -0.310 e. The Hall–Kier alpha value is -1.64. The lowest BCUT2D eigenvalue weighted by atomic mass is 10.0. The molecule has 0 saturated heterocycles. The number of aromatic nitrogens is 1. The number of hydrogen-bond acceptors (Lipinski definition) is 2. The number of carbonyl (C=O) groups excluding carboxylic acids is 1. The Morgan fingerprint density at radius 1 is 1.53 bits per heavy atom. The molecule has 2 rings (SSSR count). The predicted octanol–water partition coefficient (Wildman–Crippen LogP) is 2.39. The first-order valence-corrected chi connectivity index (χ1v) is 5.25. The first kappa shape index (κ1) is 9.90. The number of nitrogens with one attached hydrogen (secondary N) is 1. The van der Waals surface area contributed by atoms with Gasteiger partial charge in [-0.15, -0.1) is 0 Å². The van der Waals surface area contributed by atoms with Crippen LogP contribution in [0, 0.1) is 0 Å². The predicted molar refractivity (Wildman–Crippen MR) is 60.5 cm³/mol. The van der Waals surface area contributed by atoms with Gasteiger partial charge in [0.05, 0.1) is 0 Å². The van der Waals surface area contributed by atoms with E-state index in [1.807, 2.05) is 0 Å². The lowest BCUT2D eigenvalue weighted by Crippen LogP contribution is -2.20. The molecule has 0 spiro atoms. The van der Waals surface area contributed by atoms with E-state index in [0.717, 1.165) is 29.8 Å². The number of amides is 1. The maximum atomic E-state index is 11.1. The molecule has 3 nitrogen and oxygen atoms in total. The second-order valence-corrected chi connectivity index (χ2v) is 3.64. The van der Waals surface area contributed by atoms with E-state index in [-0.39, 0.29) is 5.91 Å². The molecule has 1 amide bonds.